The summed E-state index contributed by atoms with van der Waals surface area (Å²) in [5.41, 5.74) is 0.892. The Balaban J connectivity index is 4.51. The monoisotopic (exact) mass is 176 g/mol. The molecule has 0 aliphatic rings. The van der Waals surface area contributed by atoms with Gasteiger partial charge in [0.05, 0.1) is 0 Å². The topological polar surface area (TPSA) is 0 Å². The molecular formula is C8H10Cl2. The summed E-state index contributed by atoms with van der Waals surface area (Å²) >= 11 is 11.5. The molecule has 0 N–H and O–H groups in total. The van der Waals surface area contributed by atoms with E-state index in [2.05, 4.69) is 6.58 Å². The van der Waals surface area contributed by atoms with Crippen LogP contribution in [0.15, 0.2) is 34.4 Å². The van der Waals surface area contributed by atoms with Gasteiger partial charge in [-0.2, -0.15) is 0 Å². The Morgan fingerprint density at radius 2 is 1.80 bits per heavy atom. The minimum absolute atomic E-state index is 0.641. The van der Waals surface area contributed by atoms with Gasteiger partial charge in [0.15, 0.2) is 0 Å². The first-order valence-corrected chi connectivity index (χ1v) is 3.66. The molecule has 0 aromatic rings. The Bertz CT molecular complexity index is 183. The van der Waals surface area contributed by atoms with Gasteiger partial charge in [-0.05, 0) is 25.5 Å². The molecule has 0 radical (unpaired) electrons. The van der Waals surface area contributed by atoms with Crippen molar-refractivity contribution in [2.75, 3.05) is 0 Å². The fourth-order valence-corrected chi connectivity index (χ4v) is 0.774. The lowest BCUT2D eigenvalue weighted by Gasteiger charge is -1.97. The molecule has 0 saturated heterocycles. The lowest BCUT2D eigenvalue weighted by atomic mass is 10.2. The molecule has 0 atom stereocenters. The van der Waals surface area contributed by atoms with Crippen LogP contribution in [0.2, 0.25) is 0 Å². The van der Waals surface area contributed by atoms with Gasteiger partial charge in [0, 0.05) is 10.1 Å². The normalized spacial score (nSPS) is 14.6. The highest BCUT2D eigenvalue weighted by Gasteiger charge is 1.96. The molecule has 56 valence electrons. The van der Waals surface area contributed by atoms with Crippen molar-refractivity contribution in [3.05, 3.63) is 34.4 Å². The van der Waals surface area contributed by atoms with Crippen LogP contribution >= 0.6 is 23.2 Å². The summed E-state index contributed by atoms with van der Waals surface area (Å²) in [4.78, 5) is 0. The molecule has 0 fully saturated rings. The third kappa shape index (κ3) is 3.09. The van der Waals surface area contributed by atoms with Crippen molar-refractivity contribution in [3.63, 3.8) is 0 Å². The summed E-state index contributed by atoms with van der Waals surface area (Å²) in [7, 11) is 0. The van der Waals surface area contributed by atoms with E-state index in [9.17, 15) is 0 Å². The average molecular weight is 177 g/mol. The molecule has 0 aromatic heterocycles. The summed E-state index contributed by atoms with van der Waals surface area (Å²) in [6.45, 7) is 7.18. The molecule has 0 amide bonds. The van der Waals surface area contributed by atoms with Crippen molar-refractivity contribution < 1.29 is 0 Å². The summed E-state index contributed by atoms with van der Waals surface area (Å²) in [5.74, 6) is 0. The second-order valence-electron chi connectivity index (χ2n) is 1.91. The maximum Gasteiger partial charge on any atom is 0.0446 e. The van der Waals surface area contributed by atoms with Crippen LogP contribution in [0.25, 0.3) is 0 Å². The van der Waals surface area contributed by atoms with Crippen LogP contribution in [0.5, 0.6) is 0 Å². The number of rotatable bonds is 2. The third-order valence-corrected chi connectivity index (χ3v) is 1.83. The quantitative estimate of drug-likeness (QED) is 0.562. The second-order valence-corrected chi connectivity index (χ2v) is 2.88. The molecule has 10 heavy (non-hydrogen) atoms. The van der Waals surface area contributed by atoms with Crippen LogP contribution in [0.3, 0.4) is 0 Å². The van der Waals surface area contributed by atoms with Gasteiger partial charge in [0.1, 0.15) is 0 Å². The number of hydrogen-bond acceptors (Lipinski definition) is 0. The van der Waals surface area contributed by atoms with E-state index < -0.39 is 0 Å². The van der Waals surface area contributed by atoms with E-state index in [1.54, 1.807) is 19.1 Å². The molecule has 0 saturated carbocycles. The van der Waals surface area contributed by atoms with E-state index in [4.69, 9.17) is 23.2 Å². The van der Waals surface area contributed by atoms with Crippen LogP contribution in [0, 0.1) is 0 Å². The van der Waals surface area contributed by atoms with Crippen molar-refractivity contribution in [1.29, 1.82) is 0 Å². The van der Waals surface area contributed by atoms with Crippen molar-refractivity contribution >= 4 is 23.2 Å². The van der Waals surface area contributed by atoms with Gasteiger partial charge >= 0.3 is 0 Å². The van der Waals surface area contributed by atoms with Crippen molar-refractivity contribution in [1.82, 2.24) is 0 Å². The summed E-state index contributed by atoms with van der Waals surface area (Å²) < 4.78 is 0. The Labute approximate surface area is 71.8 Å². The fraction of sp³-hybridized carbons (Fsp3) is 0.250. The largest absolute Gasteiger partial charge is 0.0990 e. The van der Waals surface area contributed by atoms with Gasteiger partial charge in [-0.15, -0.1) is 0 Å². The Morgan fingerprint density at radius 3 is 2.10 bits per heavy atom. The Morgan fingerprint density at radius 1 is 1.30 bits per heavy atom. The molecular weight excluding hydrogens is 167 g/mol. The van der Waals surface area contributed by atoms with Gasteiger partial charge in [-0.25, -0.2) is 0 Å². The first-order chi connectivity index (χ1) is 4.59. The molecule has 0 heterocycles. The first kappa shape index (κ1) is 9.80. The lowest BCUT2D eigenvalue weighted by molar-refractivity contribution is 1.42. The molecule has 0 rings (SSSR count). The van der Waals surface area contributed by atoms with Gasteiger partial charge in [-0.1, -0.05) is 35.9 Å². The van der Waals surface area contributed by atoms with Crippen molar-refractivity contribution in [2.24, 2.45) is 0 Å². The van der Waals surface area contributed by atoms with E-state index >= 15 is 0 Å². The molecule has 2 heteroatoms. The number of halogens is 2. The maximum absolute atomic E-state index is 5.77. The van der Waals surface area contributed by atoms with Crippen LogP contribution in [-0.4, -0.2) is 0 Å². The molecule has 0 bridgehead atoms. The van der Waals surface area contributed by atoms with Gasteiger partial charge in [0.2, 0.25) is 0 Å². The van der Waals surface area contributed by atoms with E-state index in [1.165, 1.54) is 0 Å². The average Bonchev–Trinajstić information content (AvgIpc) is 1.87. The van der Waals surface area contributed by atoms with Crippen LogP contribution in [-0.2, 0) is 0 Å². The molecule has 0 spiro atoms. The smallest absolute Gasteiger partial charge is 0.0446 e. The Kier molecular flexibility index (Phi) is 4.50. The molecule has 0 aliphatic heterocycles. The van der Waals surface area contributed by atoms with Crippen LogP contribution in [0.1, 0.15) is 13.8 Å². The van der Waals surface area contributed by atoms with Crippen molar-refractivity contribution in [2.45, 2.75) is 13.8 Å². The number of allylic oxidation sites excluding steroid dienone is 5. The first-order valence-electron chi connectivity index (χ1n) is 2.91. The van der Waals surface area contributed by atoms with Gasteiger partial charge in [0.25, 0.3) is 0 Å². The lowest BCUT2D eigenvalue weighted by Crippen LogP contribution is -1.76. The van der Waals surface area contributed by atoms with Gasteiger partial charge in [-0.3, -0.25) is 0 Å². The molecule has 0 nitrogen and oxygen atoms in total. The molecule has 0 aliphatic carbocycles. The zero-order chi connectivity index (χ0) is 8.15. The molecule has 0 unspecified atom stereocenters. The predicted octanol–water partition coefficient (Wildman–Crippen LogP) is 3.83. The highest BCUT2D eigenvalue weighted by Crippen LogP contribution is 2.19. The SMILES string of the molecule is C=C/C=C(Cl)\C(C)=C(/C)Cl. The summed E-state index contributed by atoms with van der Waals surface area (Å²) in [5, 5.41) is 1.35. The summed E-state index contributed by atoms with van der Waals surface area (Å²) in [6.07, 6.45) is 3.34. The standard InChI is InChI=1S/C8H10Cl2/c1-4-5-8(10)6(2)7(3)9/h4-5H,1H2,2-3H3/b7-6+,8-5+. The summed E-state index contributed by atoms with van der Waals surface area (Å²) in [6, 6.07) is 0. The van der Waals surface area contributed by atoms with Crippen LogP contribution in [0.4, 0.5) is 0 Å². The van der Waals surface area contributed by atoms with E-state index in [1.807, 2.05) is 6.92 Å². The van der Waals surface area contributed by atoms with Crippen LogP contribution < -0.4 is 0 Å². The fourth-order valence-electron chi connectivity index (χ4n) is 0.393. The Hall–Kier alpha value is -0.200. The highest BCUT2D eigenvalue weighted by molar-refractivity contribution is 6.35. The van der Waals surface area contributed by atoms with Gasteiger partial charge < -0.3 is 0 Å². The van der Waals surface area contributed by atoms with Crippen molar-refractivity contribution in [3.8, 4) is 0 Å². The molecule has 0 aromatic carbocycles. The van der Waals surface area contributed by atoms with E-state index in [0.717, 1.165) is 5.57 Å². The maximum atomic E-state index is 5.77. The van der Waals surface area contributed by atoms with E-state index in [-0.39, 0.29) is 0 Å². The minimum Gasteiger partial charge on any atom is -0.0990 e. The number of hydrogen-bond donors (Lipinski definition) is 0. The van der Waals surface area contributed by atoms with E-state index in [0.29, 0.717) is 10.1 Å². The second kappa shape index (κ2) is 4.59. The zero-order valence-electron chi connectivity index (χ0n) is 6.12. The third-order valence-electron chi connectivity index (χ3n) is 1.14. The highest BCUT2D eigenvalue weighted by atomic mass is 35.5. The predicted molar refractivity (Wildman–Crippen MR) is 48.4 cm³/mol. The zero-order valence-corrected chi connectivity index (χ0v) is 7.63. The minimum atomic E-state index is 0.641.